The molecule has 1 fully saturated rings. The fourth-order valence-corrected chi connectivity index (χ4v) is 4.76. The van der Waals surface area contributed by atoms with E-state index in [1.165, 1.54) is 5.69 Å². The quantitative estimate of drug-likeness (QED) is 0.276. The molecule has 1 heterocycles. The standard InChI is InChI=1S/C12H17ClN2O.C8H8BrClO.C7H6BrClO/c1-16-9-10-8-11(2-3-12(10)13)15-6-4-14-5-7-15;1-11-5-6-4-7(9)2-3-8(6)10;8-6-1-2-7(9)5(3-6)4-10/h2-3,8,14H,4-7,9H2,1H3;2-4H,5H2,1H3;1-3,10H,4H2. The van der Waals surface area contributed by atoms with Crippen molar-refractivity contribution in [3.8, 4) is 0 Å². The van der Waals surface area contributed by atoms with Gasteiger partial charge in [0.2, 0.25) is 0 Å². The Hall–Kier alpha value is -0.870. The lowest BCUT2D eigenvalue weighted by atomic mass is 10.2. The van der Waals surface area contributed by atoms with Crippen LogP contribution in [-0.4, -0.2) is 45.5 Å². The molecule has 1 aliphatic heterocycles. The molecular weight excluding hydrogens is 666 g/mol. The summed E-state index contributed by atoms with van der Waals surface area (Å²) in [6.45, 7) is 5.29. The van der Waals surface area contributed by atoms with Crippen molar-refractivity contribution in [2.45, 2.75) is 19.8 Å². The highest BCUT2D eigenvalue weighted by atomic mass is 79.9. The molecule has 0 bridgehead atoms. The van der Waals surface area contributed by atoms with E-state index in [9.17, 15) is 0 Å². The number of aliphatic hydroxyl groups is 1. The van der Waals surface area contributed by atoms with Crippen LogP contribution in [0.15, 0.2) is 63.5 Å². The summed E-state index contributed by atoms with van der Waals surface area (Å²) in [5.41, 5.74) is 4.04. The average Bonchev–Trinajstić information content (AvgIpc) is 2.90. The Kier molecular flexibility index (Phi) is 15.4. The number of nitrogens with zero attached hydrogens (tertiary/aromatic N) is 1. The zero-order valence-corrected chi connectivity index (χ0v) is 26.2. The van der Waals surface area contributed by atoms with Crippen LogP contribution in [0.2, 0.25) is 15.1 Å². The third-order valence-corrected chi connectivity index (χ3v) is 7.39. The van der Waals surface area contributed by atoms with Gasteiger partial charge in [-0.15, -0.1) is 0 Å². The number of anilines is 1. The Morgan fingerprint density at radius 2 is 1.22 bits per heavy atom. The van der Waals surface area contributed by atoms with Crippen molar-refractivity contribution in [3.05, 3.63) is 95.3 Å². The zero-order chi connectivity index (χ0) is 27.2. The summed E-state index contributed by atoms with van der Waals surface area (Å²) in [7, 11) is 3.34. The van der Waals surface area contributed by atoms with Crippen LogP contribution in [-0.2, 0) is 29.3 Å². The van der Waals surface area contributed by atoms with E-state index >= 15 is 0 Å². The first-order valence-corrected chi connectivity index (χ1v) is 14.2. The number of methoxy groups -OCH3 is 2. The van der Waals surface area contributed by atoms with Crippen molar-refractivity contribution in [1.29, 1.82) is 0 Å². The smallest absolute Gasteiger partial charge is 0.0728 e. The molecule has 0 amide bonds. The third-order valence-electron chi connectivity index (χ3n) is 5.30. The van der Waals surface area contributed by atoms with Gasteiger partial charge in [0.15, 0.2) is 0 Å². The average molecular weight is 698 g/mol. The van der Waals surface area contributed by atoms with Gasteiger partial charge < -0.3 is 24.8 Å². The fourth-order valence-electron chi connectivity index (χ4n) is 3.42. The summed E-state index contributed by atoms with van der Waals surface area (Å²) < 4.78 is 12.0. The lowest BCUT2D eigenvalue weighted by molar-refractivity contribution is 0.185. The molecule has 1 aliphatic rings. The number of piperazine rings is 1. The summed E-state index contributed by atoms with van der Waals surface area (Å²) in [5.74, 6) is 0. The predicted molar refractivity (Wildman–Crippen MR) is 162 cm³/mol. The maximum Gasteiger partial charge on any atom is 0.0728 e. The first kappa shape index (κ1) is 32.3. The van der Waals surface area contributed by atoms with Crippen molar-refractivity contribution in [1.82, 2.24) is 5.32 Å². The molecule has 4 rings (SSSR count). The van der Waals surface area contributed by atoms with Crippen LogP contribution in [0.25, 0.3) is 0 Å². The molecule has 0 unspecified atom stereocenters. The minimum absolute atomic E-state index is 0.0156. The van der Waals surface area contributed by atoms with Crippen LogP contribution in [0.5, 0.6) is 0 Å². The number of aliphatic hydroxyl groups excluding tert-OH is 1. The van der Waals surface area contributed by atoms with Crippen LogP contribution in [0.4, 0.5) is 5.69 Å². The summed E-state index contributed by atoms with van der Waals surface area (Å²) in [6.07, 6.45) is 0. The van der Waals surface area contributed by atoms with Gasteiger partial charge in [-0.3, -0.25) is 0 Å². The van der Waals surface area contributed by atoms with Gasteiger partial charge in [-0.05, 0) is 71.3 Å². The molecule has 0 radical (unpaired) electrons. The number of halogens is 5. The molecule has 202 valence electrons. The molecule has 1 saturated heterocycles. The highest BCUT2D eigenvalue weighted by Gasteiger charge is 2.11. The van der Waals surface area contributed by atoms with E-state index in [2.05, 4.69) is 54.2 Å². The molecule has 0 atom stereocenters. The number of hydrogen-bond donors (Lipinski definition) is 2. The minimum atomic E-state index is -0.0156. The molecule has 2 N–H and O–H groups in total. The normalized spacial score (nSPS) is 12.8. The van der Waals surface area contributed by atoms with Gasteiger partial charge in [0.25, 0.3) is 0 Å². The SMILES string of the molecule is COCc1cc(Br)ccc1Cl.COCc1cc(N2CCNCC2)ccc1Cl.OCc1cc(Br)ccc1Cl. The van der Waals surface area contributed by atoms with Crippen LogP contribution < -0.4 is 10.2 Å². The molecule has 37 heavy (non-hydrogen) atoms. The Morgan fingerprint density at radius 3 is 1.70 bits per heavy atom. The second-order valence-electron chi connectivity index (χ2n) is 8.01. The zero-order valence-electron chi connectivity index (χ0n) is 20.7. The van der Waals surface area contributed by atoms with E-state index in [1.54, 1.807) is 26.4 Å². The lowest BCUT2D eigenvalue weighted by Gasteiger charge is -2.29. The fraction of sp³-hybridized carbons (Fsp3) is 0.333. The molecule has 0 aromatic heterocycles. The number of nitrogens with one attached hydrogen (secondary N) is 1. The van der Waals surface area contributed by atoms with Crippen molar-refractivity contribution < 1.29 is 14.6 Å². The molecule has 5 nitrogen and oxygen atoms in total. The number of rotatable bonds is 6. The van der Waals surface area contributed by atoms with Gasteiger partial charge in [0.1, 0.15) is 0 Å². The van der Waals surface area contributed by atoms with Gasteiger partial charge in [-0.1, -0.05) is 66.7 Å². The molecule has 3 aromatic carbocycles. The second-order valence-corrected chi connectivity index (χ2v) is 11.1. The maximum atomic E-state index is 8.74. The molecular formula is C27H31Br2Cl3N2O3. The molecule has 0 saturated carbocycles. The summed E-state index contributed by atoms with van der Waals surface area (Å²) in [4.78, 5) is 2.37. The first-order valence-electron chi connectivity index (χ1n) is 11.5. The van der Waals surface area contributed by atoms with Gasteiger partial charge in [0.05, 0.1) is 19.8 Å². The van der Waals surface area contributed by atoms with E-state index in [-0.39, 0.29) is 6.61 Å². The topological polar surface area (TPSA) is 54.0 Å². The van der Waals surface area contributed by atoms with Gasteiger partial charge >= 0.3 is 0 Å². The third kappa shape index (κ3) is 11.4. The summed E-state index contributed by atoms with van der Waals surface area (Å²) >= 11 is 24.3. The van der Waals surface area contributed by atoms with Crippen LogP contribution >= 0.6 is 66.7 Å². The van der Waals surface area contributed by atoms with Crippen LogP contribution in [0.3, 0.4) is 0 Å². The van der Waals surface area contributed by atoms with Crippen LogP contribution in [0.1, 0.15) is 16.7 Å². The van der Waals surface area contributed by atoms with E-state index in [4.69, 9.17) is 49.4 Å². The molecule has 0 spiro atoms. The largest absolute Gasteiger partial charge is 0.392 e. The van der Waals surface area contributed by atoms with E-state index < -0.39 is 0 Å². The highest BCUT2D eigenvalue weighted by Crippen LogP contribution is 2.24. The number of benzene rings is 3. The highest BCUT2D eigenvalue weighted by molar-refractivity contribution is 9.10. The van der Waals surface area contributed by atoms with Crippen molar-refractivity contribution in [2.75, 3.05) is 45.3 Å². The first-order chi connectivity index (χ1) is 17.8. The monoisotopic (exact) mass is 694 g/mol. The van der Waals surface area contributed by atoms with Crippen molar-refractivity contribution in [2.24, 2.45) is 0 Å². The molecule has 0 aliphatic carbocycles. The Morgan fingerprint density at radius 1 is 0.757 bits per heavy atom. The van der Waals surface area contributed by atoms with Gasteiger partial charge in [-0.25, -0.2) is 0 Å². The number of ether oxygens (including phenoxy) is 2. The minimum Gasteiger partial charge on any atom is -0.392 e. The van der Waals surface area contributed by atoms with Crippen LogP contribution in [0, 0.1) is 0 Å². The summed E-state index contributed by atoms with van der Waals surface area (Å²) in [6, 6.07) is 17.2. The number of hydrogen-bond acceptors (Lipinski definition) is 5. The summed E-state index contributed by atoms with van der Waals surface area (Å²) in [5, 5.41) is 14.2. The second kappa shape index (κ2) is 17.7. The van der Waals surface area contributed by atoms with Crippen molar-refractivity contribution >= 4 is 72.4 Å². The van der Waals surface area contributed by atoms with Crippen molar-refractivity contribution in [3.63, 3.8) is 0 Å². The maximum absolute atomic E-state index is 8.74. The van der Waals surface area contributed by atoms with Gasteiger partial charge in [0, 0.05) is 70.1 Å². The van der Waals surface area contributed by atoms with E-state index in [0.717, 1.165) is 61.9 Å². The Bertz CT molecular complexity index is 1120. The lowest BCUT2D eigenvalue weighted by Crippen LogP contribution is -2.43. The van der Waals surface area contributed by atoms with E-state index in [0.29, 0.717) is 18.2 Å². The molecule has 10 heteroatoms. The Labute approximate surface area is 251 Å². The van der Waals surface area contributed by atoms with E-state index in [1.807, 2.05) is 30.3 Å². The Balaban J connectivity index is 0.000000203. The molecule has 3 aromatic rings. The van der Waals surface area contributed by atoms with Gasteiger partial charge in [-0.2, -0.15) is 0 Å². The predicted octanol–water partition coefficient (Wildman–Crippen LogP) is 7.74.